The van der Waals surface area contributed by atoms with Gasteiger partial charge in [0.2, 0.25) is 0 Å². The molecule has 1 aromatic rings. The molecule has 1 aliphatic heterocycles. The molecule has 0 aliphatic carbocycles. The number of hydrogen-bond donors (Lipinski definition) is 0. The molecule has 2 nitrogen and oxygen atoms in total. The molecule has 1 saturated heterocycles. The quantitative estimate of drug-likeness (QED) is 0.837. The number of halogens is 1. The van der Waals surface area contributed by atoms with E-state index in [2.05, 4.69) is 38.8 Å². The largest absolute Gasteiger partial charge is 0.295 e. The predicted molar refractivity (Wildman–Crippen MR) is 65.7 cm³/mol. The monoisotopic (exact) mass is 268 g/mol. The first-order valence-electron chi connectivity index (χ1n) is 5.64. The maximum absolute atomic E-state index is 4.42. The van der Waals surface area contributed by atoms with Crippen molar-refractivity contribution in [3.63, 3.8) is 0 Å². The molecule has 0 saturated carbocycles. The summed E-state index contributed by atoms with van der Waals surface area (Å²) in [4.78, 5) is 6.97. The molecule has 0 aromatic carbocycles. The lowest BCUT2D eigenvalue weighted by atomic mass is 10.1. The van der Waals surface area contributed by atoms with E-state index < -0.39 is 0 Å². The van der Waals surface area contributed by atoms with Gasteiger partial charge in [-0.3, -0.25) is 9.88 Å². The Morgan fingerprint density at radius 1 is 1.60 bits per heavy atom. The summed E-state index contributed by atoms with van der Waals surface area (Å²) >= 11 is 3.56. The lowest BCUT2D eigenvalue weighted by molar-refractivity contribution is 0.237. The molecule has 1 atom stereocenters. The van der Waals surface area contributed by atoms with E-state index in [0.29, 0.717) is 0 Å². The van der Waals surface area contributed by atoms with Gasteiger partial charge in [-0.2, -0.15) is 0 Å². The molecule has 3 heteroatoms. The summed E-state index contributed by atoms with van der Waals surface area (Å²) in [6.07, 6.45) is 5.81. The summed E-state index contributed by atoms with van der Waals surface area (Å²) in [6.45, 7) is 4.48. The van der Waals surface area contributed by atoms with E-state index in [1.165, 1.54) is 25.8 Å². The first kappa shape index (κ1) is 11.1. The zero-order valence-corrected chi connectivity index (χ0v) is 10.7. The van der Waals surface area contributed by atoms with E-state index in [1.54, 1.807) is 0 Å². The zero-order valence-electron chi connectivity index (χ0n) is 9.12. The second-order valence-electron chi connectivity index (χ2n) is 4.11. The van der Waals surface area contributed by atoms with Crippen molar-refractivity contribution in [3.8, 4) is 0 Å². The van der Waals surface area contributed by atoms with Crippen molar-refractivity contribution in [1.82, 2.24) is 9.88 Å². The molecule has 0 N–H and O–H groups in total. The Morgan fingerprint density at radius 3 is 3.20 bits per heavy atom. The minimum absolute atomic E-state index is 0.763. The van der Waals surface area contributed by atoms with Crippen molar-refractivity contribution >= 4 is 15.9 Å². The van der Waals surface area contributed by atoms with Gasteiger partial charge in [0.15, 0.2) is 0 Å². The van der Waals surface area contributed by atoms with Crippen LogP contribution in [0.2, 0.25) is 0 Å². The van der Waals surface area contributed by atoms with Crippen LogP contribution in [-0.4, -0.2) is 22.5 Å². The highest BCUT2D eigenvalue weighted by Gasteiger charge is 2.23. The Morgan fingerprint density at radius 2 is 2.47 bits per heavy atom. The Bertz CT molecular complexity index is 327. The summed E-state index contributed by atoms with van der Waals surface area (Å²) < 4.78 is 1.13. The lowest BCUT2D eigenvalue weighted by Crippen LogP contribution is -2.28. The van der Waals surface area contributed by atoms with E-state index in [0.717, 1.165) is 22.8 Å². The summed E-state index contributed by atoms with van der Waals surface area (Å²) in [5.41, 5.74) is 1.16. The topological polar surface area (TPSA) is 16.1 Å². The maximum Gasteiger partial charge on any atom is 0.0685 e. The standard InChI is InChI=1S/C12H17BrN2/c1-2-10-5-4-8-15(10)9-12-11(13)6-3-7-14-12/h3,6-7,10H,2,4-5,8-9H2,1H3. The average molecular weight is 269 g/mol. The molecule has 2 heterocycles. The highest BCUT2D eigenvalue weighted by molar-refractivity contribution is 9.10. The number of hydrogen-bond acceptors (Lipinski definition) is 2. The second kappa shape index (κ2) is 5.08. The summed E-state index contributed by atoms with van der Waals surface area (Å²) in [6, 6.07) is 4.80. The minimum atomic E-state index is 0.763. The van der Waals surface area contributed by atoms with Gasteiger partial charge in [0.05, 0.1) is 5.69 Å². The summed E-state index contributed by atoms with van der Waals surface area (Å²) in [5.74, 6) is 0. The van der Waals surface area contributed by atoms with E-state index in [9.17, 15) is 0 Å². The molecule has 0 radical (unpaired) electrons. The van der Waals surface area contributed by atoms with Gasteiger partial charge in [-0.15, -0.1) is 0 Å². The van der Waals surface area contributed by atoms with Gasteiger partial charge in [0.25, 0.3) is 0 Å². The Kier molecular flexibility index (Phi) is 3.76. The van der Waals surface area contributed by atoms with Gasteiger partial charge in [0.1, 0.15) is 0 Å². The van der Waals surface area contributed by atoms with Gasteiger partial charge >= 0.3 is 0 Å². The van der Waals surface area contributed by atoms with Gasteiger partial charge in [-0.25, -0.2) is 0 Å². The SMILES string of the molecule is CCC1CCCN1Cc1ncccc1Br. The summed E-state index contributed by atoms with van der Waals surface area (Å²) in [5, 5.41) is 0. The predicted octanol–water partition coefficient (Wildman–Crippen LogP) is 3.22. The number of pyridine rings is 1. The third-order valence-corrected chi connectivity index (χ3v) is 3.88. The van der Waals surface area contributed by atoms with Crippen LogP contribution in [0.15, 0.2) is 22.8 Å². The normalized spacial score (nSPS) is 22.1. The Balaban J connectivity index is 2.05. The highest BCUT2D eigenvalue weighted by atomic mass is 79.9. The molecular weight excluding hydrogens is 252 g/mol. The molecule has 2 rings (SSSR count). The second-order valence-corrected chi connectivity index (χ2v) is 4.96. The number of nitrogens with zero attached hydrogens (tertiary/aromatic N) is 2. The van der Waals surface area contributed by atoms with Gasteiger partial charge in [-0.1, -0.05) is 6.92 Å². The van der Waals surface area contributed by atoms with E-state index in [4.69, 9.17) is 0 Å². The van der Waals surface area contributed by atoms with Crippen LogP contribution in [0.1, 0.15) is 31.9 Å². The third-order valence-electron chi connectivity index (χ3n) is 3.16. The van der Waals surface area contributed by atoms with Crippen molar-refractivity contribution in [2.45, 2.75) is 38.8 Å². The Hall–Kier alpha value is -0.410. The molecule has 15 heavy (non-hydrogen) atoms. The molecular formula is C12H17BrN2. The van der Waals surface area contributed by atoms with E-state index >= 15 is 0 Å². The first-order chi connectivity index (χ1) is 7.31. The van der Waals surface area contributed by atoms with E-state index in [-0.39, 0.29) is 0 Å². The fourth-order valence-electron chi connectivity index (χ4n) is 2.29. The van der Waals surface area contributed by atoms with Crippen molar-refractivity contribution in [2.75, 3.05) is 6.54 Å². The van der Waals surface area contributed by atoms with E-state index in [1.807, 2.05) is 12.3 Å². The van der Waals surface area contributed by atoms with Crippen LogP contribution < -0.4 is 0 Å². The van der Waals surface area contributed by atoms with Crippen LogP contribution in [0.5, 0.6) is 0 Å². The molecule has 1 unspecified atom stereocenters. The highest BCUT2D eigenvalue weighted by Crippen LogP contribution is 2.24. The van der Waals surface area contributed by atoms with Crippen LogP contribution in [0.4, 0.5) is 0 Å². The fraction of sp³-hybridized carbons (Fsp3) is 0.583. The molecule has 0 bridgehead atoms. The molecule has 1 aromatic heterocycles. The minimum Gasteiger partial charge on any atom is -0.295 e. The third kappa shape index (κ3) is 2.58. The molecule has 0 spiro atoms. The zero-order chi connectivity index (χ0) is 10.7. The van der Waals surface area contributed by atoms with Crippen LogP contribution >= 0.6 is 15.9 Å². The molecule has 82 valence electrons. The number of aromatic nitrogens is 1. The average Bonchev–Trinajstić information content (AvgIpc) is 2.69. The fourth-order valence-corrected chi connectivity index (χ4v) is 2.67. The number of rotatable bonds is 3. The Labute approximate surface area is 99.8 Å². The maximum atomic E-state index is 4.42. The van der Waals surface area contributed by atoms with Crippen molar-refractivity contribution in [3.05, 3.63) is 28.5 Å². The molecule has 1 fully saturated rings. The van der Waals surface area contributed by atoms with Gasteiger partial charge < -0.3 is 0 Å². The molecule has 0 amide bonds. The van der Waals surface area contributed by atoms with Gasteiger partial charge in [-0.05, 0) is 53.9 Å². The smallest absolute Gasteiger partial charge is 0.0685 e. The summed E-state index contributed by atoms with van der Waals surface area (Å²) in [7, 11) is 0. The van der Waals surface area contributed by atoms with Crippen molar-refractivity contribution < 1.29 is 0 Å². The van der Waals surface area contributed by atoms with Gasteiger partial charge in [0, 0.05) is 23.3 Å². The van der Waals surface area contributed by atoms with Crippen LogP contribution in [-0.2, 0) is 6.54 Å². The van der Waals surface area contributed by atoms with Crippen LogP contribution in [0.3, 0.4) is 0 Å². The van der Waals surface area contributed by atoms with Crippen LogP contribution in [0.25, 0.3) is 0 Å². The van der Waals surface area contributed by atoms with Crippen LogP contribution in [0, 0.1) is 0 Å². The first-order valence-corrected chi connectivity index (χ1v) is 6.44. The van der Waals surface area contributed by atoms with Crippen molar-refractivity contribution in [1.29, 1.82) is 0 Å². The van der Waals surface area contributed by atoms with Crippen molar-refractivity contribution in [2.24, 2.45) is 0 Å². The lowest BCUT2D eigenvalue weighted by Gasteiger charge is -2.23. The molecule has 1 aliphatic rings. The number of likely N-dealkylation sites (tertiary alicyclic amines) is 1.